The Morgan fingerprint density at radius 2 is 1.94 bits per heavy atom. The smallest absolute Gasteiger partial charge is 0.0794 e. The molecule has 1 aromatic carbocycles. The van der Waals surface area contributed by atoms with Gasteiger partial charge in [-0.15, -0.1) is 11.3 Å². The molecule has 1 N–H and O–H groups in total. The quantitative estimate of drug-likeness (QED) is 0.912. The summed E-state index contributed by atoms with van der Waals surface area (Å²) < 4.78 is 0. The van der Waals surface area contributed by atoms with Crippen molar-refractivity contribution >= 4 is 22.7 Å². The monoisotopic (exact) mass is 259 g/mol. The lowest BCUT2D eigenvalue weighted by atomic mass is 10.2. The Balaban J connectivity index is 1.60. The van der Waals surface area contributed by atoms with Crippen molar-refractivity contribution in [2.24, 2.45) is 0 Å². The molecule has 1 fully saturated rings. The number of nitrogens with one attached hydrogen (secondary N) is 1. The van der Waals surface area contributed by atoms with E-state index in [1.165, 1.54) is 42.2 Å². The van der Waals surface area contributed by atoms with Gasteiger partial charge in [0.25, 0.3) is 0 Å². The Hall–Kier alpha value is -1.55. The number of hydrogen-bond acceptors (Lipinski definition) is 4. The summed E-state index contributed by atoms with van der Waals surface area (Å²) in [6, 6.07) is 8.74. The van der Waals surface area contributed by atoms with Gasteiger partial charge in [-0.1, -0.05) is 0 Å². The van der Waals surface area contributed by atoms with Crippen molar-refractivity contribution in [3.05, 3.63) is 40.8 Å². The molecule has 0 radical (unpaired) electrons. The molecular weight excluding hydrogens is 242 g/mol. The van der Waals surface area contributed by atoms with E-state index < -0.39 is 0 Å². The highest BCUT2D eigenvalue weighted by atomic mass is 32.1. The first-order chi connectivity index (χ1) is 8.92. The molecule has 2 aromatic rings. The lowest BCUT2D eigenvalue weighted by molar-refractivity contribution is 0.949. The molecule has 1 aromatic heterocycles. The molecule has 0 bridgehead atoms. The number of aromatic nitrogens is 1. The normalized spacial score (nSPS) is 15.0. The molecule has 0 amide bonds. The third-order valence-electron chi connectivity index (χ3n) is 3.29. The Labute approximate surface area is 111 Å². The first-order valence-electron chi connectivity index (χ1n) is 6.38. The summed E-state index contributed by atoms with van der Waals surface area (Å²) >= 11 is 1.68. The van der Waals surface area contributed by atoms with E-state index in [9.17, 15) is 0 Å². The highest BCUT2D eigenvalue weighted by molar-refractivity contribution is 7.09. The first-order valence-corrected chi connectivity index (χ1v) is 7.26. The average molecular weight is 259 g/mol. The van der Waals surface area contributed by atoms with Gasteiger partial charge in [0.2, 0.25) is 0 Å². The molecule has 4 heteroatoms. The van der Waals surface area contributed by atoms with Crippen LogP contribution in [0.25, 0.3) is 0 Å². The van der Waals surface area contributed by atoms with Gasteiger partial charge in [0.05, 0.1) is 12.1 Å². The van der Waals surface area contributed by atoms with E-state index in [0.29, 0.717) is 0 Å². The summed E-state index contributed by atoms with van der Waals surface area (Å²) in [6.45, 7) is 3.26. The largest absolute Gasteiger partial charge is 0.380 e. The summed E-state index contributed by atoms with van der Waals surface area (Å²) in [6.07, 6.45) is 4.56. The second-order valence-electron chi connectivity index (χ2n) is 4.56. The van der Waals surface area contributed by atoms with Crippen molar-refractivity contribution in [2.45, 2.75) is 19.4 Å². The second-order valence-corrected chi connectivity index (χ2v) is 5.53. The van der Waals surface area contributed by atoms with Gasteiger partial charge in [-0.25, -0.2) is 0 Å². The number of anilines is 2. The molecular formula is C14H17N3S. The Morgan fingerprint density at radius 1 is 1.17 bits per heavy atom. The van der Waals surface area contributed by atoms with Crippen LogP contribution in [0.1, 0.15) is 17.7 Å². The van der Waals surface area contributed by atoms with E-state index in [1.807, 2.05) is 11.7 Å². The maximum Gasteiger partial charge on any atom is 0.0794 e. The van der Waals surface area contributed by atoms with Crippen LogP contribution in [0.15, 0.2) is 36.0 Å². The zero-order valence-electron chi connectivity index (χ0n) is 10.3. The van der Waals surface area contributed by atoms with Crippen molar-refractivity contribution in [1.82, 2.24) is 4.98 Å². The van der Waals surface area contributed by atoms with E-state index in [1.54, 1.807) is 11.3 Å². The molecule has 2 heterocycles. The van der Waals surface area contributed by atoms with Gasteiger partial charge in [-0.05, 0) is 37.1 Å². The molecule has 1 aliphatic heterocycles. The fourth-order valence-electron chi connectivity index (χ4n) is 2.28. The number of rotatable bonds is 4. The van der Waals surface area contributed by atoms with Crippen molar-refractivity contribution in [1.29, 1.82) is 0 Å². The molecule has 0 unspecified atom stereocenters. The van der Waals surface area contributed by atoms with Crippen LogP contribution in [-0.2, 0) is 6.54 Å². The van der Waals surface area contributed by atoms with E-state index in [2.05, 4.69) is 39.5 Å². The fraction of sp³-hybridized carbons (Fsp3) is 0.357. The van der Waals surface area contributed by atoms with Gasteiger partial charge in [0.1, 0.15) is 0 Å². The zero-order chi connectivity index (χ0) is 12.2. The van der Waals surface area contributed by atoms with Crippen molar-refractivity contribution in [2.75, 3.05) is 23.3 Å². The van der Waals surface area contributed by atoms with Gasteiger partial charge in [-0.2, -0.15) is 0 Å². The van der Waals surface area contributed by atoms with Gasteiger partial charge in [0, 0.05) is 35.5 Å². The molecule has 0 saturated carbocycles. The average Bonchev–Trinajstić information content (AvgIpc) is 3.10. The highest BCUT2D eigenvalue weighted by Gasteiger charge is 2.11. The van der Waals surface area contributed by atoms with Crippen LogP contribution in [0.2, 0.25) is 0 Å². The van der Waals surface area contributed by atoms with E-state index >= 15 is 0 Å². The molecule has 18 heavy (non-hydrogen) atoms. The lowest BCUT2D eigenvalue weighted by Crippen LogP contribution is -2.17. The van der Waals surface area contributed by atoms with Gasteiger partial charge >= 0.3 is 0 Å². The molecule has 1 saturated heterocycles. The molecule has 0 spiro atoms. The van der Waals surface area contributed by atoms with E-state index in [4.69, 9.17) is 0 Å². The standard InChI is InChI=1S/C14H17N3S/c1-2-8-17(7-1)13-5-3-12(4-6-13)16-10-14-9-15-11-18-14/h3-6,9,11,16H,1-2,7-8,10H2. The van der Waals surface area contributed by atoms with E-state index in [-0.39, 0.29) is 0 Å². The first kappa shape index (κ1) is 11.5. The Kier molecular flexibility index (Phi) is 3.46. The minimum atomic E-state index is 0.855. The van der Waals surface area contributed by atoms with Crippen LogP contribution in [0.3, 0.4) is 0 Å². The lowest BCUT2D eigenvalue weighted by Gasteiger charge is -2.17. The highest BCUT2D eigenvalue weighted by Crippen LogP contribution is 2.22. The predicted molar refractivity (Wildman–Crippen MR) is 77.3 cm³/mol. The van der Waals surface area contributed by atoms with Crippen molar-refractivity contribution in [3.63, 3.8) is 0 Å². The number of thiazole rings is 1. The summed E-state index contributed by atoms with van der Waals surface area (Å²) in [5.74, 6) is 0. The molecule has 1 aliphatic rings. The van der Waals surface area contributed by atoms with Gasteiger partial charge < -0.3 is 10.2 Å². The molecule has 0 aliphatic carbocycles. The third-order valence-corrected chi connectivity index (χ3v) is 4.07. The Bertz CT molecular complexity index is 472. The van der Waals surface area contributed by atoms with Crippen molar-refractivity contribution < 1.29 is 0 Å². The predicted octanol–water partition coefficient (Wildman–Crippen LogP) is 3.36. The summed E-state index contributed by atoms with van der Waals surface area (Å²) in [5, 5.41) is 3.42. The van der Waals surface area contributed by atoms with Crippen LogP contribution in [-0.4, -0.2) is 18.1 Å². The number of hydrogen-bond donors (Lipinski definition) is 1. The van der Waals surface area contributed by atoms with Gasteiger partial charge in [0.15, 0.2) is 0 Å². The number of benzene rings is 1. The SMILES string of the molecule is c1ncc(CNc2ccc(N3CCCC3)cc2)s1. The second kappa shape index (κ2) is 5.40. The fourth-order valence-corrected chi connectivity index (χ4v) is 2.82. The molecule has 0 atom stereocenters. The molecule has 94 valence electrons. The summed E-state index contributed by atoms with van der Waals surface area (Å²) in [4.78, 5) is 7.79. The van der Waals surface area contributed by atoms with Crippen LogP contribution < -0.4 is 10.2 Å². The number of nitrogens with zero attached hydrogens (tertiary/aromatic N) is 2. The van der Waals surface area contributed by atoms with Crippen LogP contribution in [0.4, 0.5) is 11.4 Å². The third kappa shape index (κ3) is 2.64. The summed E-state index contributed by atoms with van der Waals surface area (Å²) in [7, 11) is 0. The maximum atomic E-state index is 4.07. The Morgan fingerprint density at radius 3 is 2.61 bits per heavy atom. The molecule has 3 rings (SSSR count). The topological polar surface area (TPSA) is 28.2 Å². The zero-order valence-corrected chi connectivity index (χ0v) is 11.1. The van der Waals surface area contributed by atoms with Gasteiger partial charge in [-0.3, -0.25) is 4.98 Å². The summed E-state index contributed by atoms with van der Waals surface area (Å²) in [5.41, 5.74) is 4.38. The minimum absolute atomic E-state index is 0.855. The van der Waals surface area contributed by atoms with Crippen molar-refractivity contribution in [3.8, 4) is 0 Å². The van der Waals surface area contributed by atoms with Crippen LogP contribution in [0.5, 0.6) is 0 Å². The van der Waals surface area contributed by atoms with E-state index in [0.717, 1.165) is 6.54 Å². The van der Waals surface area contributed by atoms with Crippen LogP contribution >= 0.6 is 11.3 Å². The molecule has 3 nitrogen and oxygen atoms in total. The minimum Gasteiger partial charge on any atom is -0.380 e. The van der Waals surface area contributed by atoms with Crippen LogP contribution in [0, 0.1) is 0 Å². The maximum absolute atomic E-state index is 4.07.